The first kappa shape index (κ1) is 28.6. The van der Waals surface area contributed by atoms with Crippen molar-refractivity contribution in [2.24, 2.45) is 5.73 Å². The molecule has 0 aromatic heterocycles. The number of carbonyl (C=O) groups excluding carboxylic acids is 3. The SMILES string of the molecule is CCOC(=O)CC(=O)C(N)c1cc(Cl)ccc1OCC(=O)N1C[C@H](C)N(Cc2ccc(F)cc2)C[C@H]1C. The average molecular weight is 534 g/mol. The van der Waals surface area contributed by atoms with Gasteiger partial charge in [0.05, 0.1) is 12.6 Å². The minimum atomic E-state index is -1.16. The van der Waals surface area contributed by atoms with Crippen LogP contribution in [0.5, 0.6) is 5.75 Å². The van der Waals surface area contributed by atoms with Crippen LogP contribution in [-0.4, -0.2) is 65.8 Å². The molecule has 1 aliphatic rings. The Morgan fingerprint density at radius 3 is 2.49 bits per heavy atom. The lowest BCUT2D eigenvalue weighted by atomic mass is 10.0. The van der Waals surface area contributed by atoms with Crippen molar-refractivity contribution >= 4 is 29.3 Å². The van der Waals surface area contributed by atoms with Gasteiger partial charge in [-0.2, -0.15) is 0 Å². The van der Waals surface area contributed by atoms with Gasteiger partial charge >= 0.3 is 5.97 Å². The molecule has 0 aliphatic carbocycles. The highest BCUT2D eigenvalue weighted by atomic mass is 35.5. The molecular formula is C27H33ClFN3O5. The van der Waals surface area contributed by atoms with Crippen molar-refractivity contribution in [2.45, 2.75) is 51.9 Å². The molecular weight excluding hydrogens is 501 g/mol. The number of ketones is 1. The van der Waals surface area contributed by atoms with E-state index in [1.807, 2.05) is 13.8 Å². The zero-order chi connectivity index (χ0) is 27.1. The van der Waals surface area contributed by atoms with Crippen LogP contribution in [-0.2, 0) is 25.7 Å². The summed E-state index contributed by atoms with van der Waals surface area (Å²) >= 11 is 6.11. The van der Waals surface area contributed by atoms with Gasteiger partial charge in [0.2, 0.25) is 0 Å². The first-order chi connectivity index (χ1) is 17.6. The van der Waals surface area contributed by atoms with Crippen molar-refractivity contribution in [2.75, 3.05) is 26.3 Å². The third kappa shape index (κ3) is 7.74. The van der Waals surface area contributed by atoms with Gasteiger partial charge in [-0.05, 0) is 56.7 Å². The first-order valence-corrected chi connectivity index (χ1v) is 12.6. The molecule has 0 saturated carbocycles. The highest BCUT2D eigenvalue weighted by Crippen LogP contribution is 2.29. The molecule has 1 amide bonds. The molecule has 0 bridgehead atoms. The zero-order valence-electron chi connectivity index (χ0n) is 21.3. The quantitative estimate of drug-likeness (QED) is 0.368. The number of carbonyl (C=O) groups is 3. The van der Waals surface area contributed by atoms with Crippen LogP contribution >= 0.6 is 11.6 Å². The molecule has 2 aromatic carbocycles. The summed E-state index contributed by atoms with van der Waals surface area (Å²) in [6, 6.07) is 9.91. The number of amides is 1. The maximum Gasteiger partial charge on any atom is 0.313 e. The summed E-state index contributed by atoms with van der Waals surface area (Å²) in [4.78, 5) is 41.3. The molecule has 8 nitrogen and oxygen atoms in total. The predicted molar refractivity (Wildman–Crippen MR) is 138 cm³/mol. The number of piperazine rings is 1. The van der Waals surface area contributed by atoms with Gasteiger partial charge in [-0.15, -0.1) is 0 Å². The Morgan fingerprint density at radius 2 is 1.81 bits per heavy atom. The number of rotatable bonds is 10. The summed E-state index contributed by atoms with van der Waals surface area (Å²) in [5, 5.41) is 0.341. The van der Waals surface area contributed by atoms with Gasteiger partial charge < -0.3 is 20.1 Å². The van der Waals surface area contributed by atoms with E-state index < -0.39 is 24.2 Å². The number of esters is 1. The molecule has 37 heavy (non-hydrogen) atoms. The third-order valence-corrected chi connectivity index (χ3v) is 6.60. The molecule has 1 aliphatic heterocycles. The molecule has 2 aromatic rings. The van der Waals surface area contributed by atoms with E-state index in [0.717, 1.165) is 5.56 Å². The van der Waals surface area contributed by atoms with E-state index in [1.165, 1.54) is 18.2 Å². The average Bonchev–Trinajstić information content (AvgIpc) is 2.86. The number of ether oxygens (including phenoxy) is 2. The number of Topliss-reactive ketones (excluding diaryl/α,β-unsaturated/α-hetero) is 1. The molecule has 3 atom stereocenters. The van der Waals surface area contributed by atoms with E-state index in [2.05, 4.69) is 4.90 Å². The molecule has 1 fully saturated rings. The van der Waals surface area contributed by atoms with E-state index in [1.54, 1.807) is 36.1 Å². The number of nitrogens with zero attached hydrogens (tertiary/aromatic N) is 2. The lowest BCUT2D eigenvalue weighted by Gasteiger charge is -2.44. The number of hydrogen-bond acceptors (Lipinski definition) is 7. The summed E-state index contributed by atoms with van der Waals surface area (Å²) in [5.41, 5.74) is 7.41. The van der Waals surface area contributed by atoms with E-state index >= 15 is 0 Å². The maximum absolute atomic E-state index is 13.2. The fraction of sp³-hybridized carbons (Fsp3) is 0.444. The first-order valence-electron chi connectivity index (χ1n) is 12.2. The van der Waals surface area contributed by atoms with Gasteiger partial charge in [0.1, 0.15) is 18.0 Å². The Kier molecular flexibility index (Phi) is 10.0. The molecule has 200 valence electrons. The molecule has 3 rings (SSSR count). The second-order valence-corrected chi connectivity index (χ2v) is 9.63. The minimum Gasteiger partial charge on any atom is -0.483 e. The zero-order valence-corrected chi connectivity index (χ0v) is 22.0. The molecule has 1 saturated heterocycles. The predicted octanol–water partition coefficient (Wildman–Crippen LogP) is 3.50. The largest absolute Gasteiger partial charge is 0.483 e. The van der Waals surface area contributed by atoms with Gasteiger partial charge in [0.15, 0.2) is 12.4 Å². The van der Waals surface area contributed by atoms with Crippen LogP contribution in [0.4, 0.5) is 4.39 Å². The Bertz CT molecular complexity index is 1110. The number of nitrogens with two attached hydrogens (primary N) is 1. The van der Waals surface area contributed by atoms with Gasteiger partial charge in [0.25, 0.3) is 5.91 Å². The summed E-state index contributed by atoms with van der Waals surface area (Å²) < 4.78 is 23.9. The lowest BCUT2D eigenvalue weighted by Crippen LogP contribution is -2.58. The van der Waals surface area contributed by atoms with E-state index in [9.17, 15) is 18.8 Å². The van der Waals surface area contributed by atoms with Crippen molar-refractivity contribution in [3.8, 4) is 5.75 Å². The number of benzene rings is 2. The van der Waals surface area contributed by atoms with Crippen LogP contribution in [0.25, 0.3) is 0 Å². The fourth-order valence-corrected chi connectivity index (χ4v) is 4.52. The van der Waals surface area contributed by atoms with Crippen molar-refractivity contribution in [1.29, 1.82) is 0 Å². The highest BCUT2D eigenvalue weighted by molar-refractivity contribution is 6.30. The van der Waals surface area contributed by atoms with Gasteiger partial charge in [-0.3, -0.25) is 19.3 Å². The lowest BCUT2D eigenvalue weighted by molar-refractivity contribution is -0.145. The van der Waals surface area contributed by atoms with Crippen LogP contribution in [0.15, 0.2) is 42.5 Å². The second-order valence-electron chi connectivity index (χ2n) is 9.20. The minimum absolute atomic E-state index is 0.0640. The Balaban J connectivity index is 1.62. The summed E-state index contributed by atoms with van der Waals surface area (Å²) in [5.74, 6) is -1.43. The number of hydrogen-bond donors (Lipinski definition) is 1. The highest BCUT2D eigenvalue weighted by Gasteiger charge is 2.32. The van der Waals surface area contributed by atoms with E-state index in [4.69, 9.17) is 26.8 Å². The van der Waals surface area contributed by atoms with Crippen LogP contribution in [0.3, 0.4) is 0 Å². The molecule has 2 N–H and O–H groups in total. The van der Waals surface area contributed by atoms with Crippen LogP contribution in [0.1, 0.15) is 44.4 Å². The smallest absolute Gasteiger partial charge is 0.313 e. The second kappa shape index (κ2) is 13.0. The normalized spacial score (nSPS) is 18.8. The van der Waals surface area contributed by atoms with Crippen LogP contribution < -0.4 is 10.5 Å². The van der Waals surface area contributed by atoms with Gasteiger partial charge in [0, 0.05) is 42.3 Å². The van der Waals surface area contributed by atoms with Crippen molar-refractivity contribution in [3.05, 3.63) is 64.4 Å². The van der Waals surface area contributed by atoms with Crippen molar-refractivity contribution in [3.63, 3.8) is 0 Å². The molecule has 1 unspecified atom stereocenters. The Morgan fingerprint density at radius 1 is 1.11 bits per heavy atom. The van der Waals surface area contributed by atoms with Gasteiger partial charge in [-0.1, -0.05) is 23.7 Å². The van der Waals surface area contributed by atoms with Gasteiger partial charge in [-0.25, -0.2) is 4.39 Å². The Hall–Kier alpha value is -3.01. The Labute approximate surface area is 221 Å². The molecule has 1 heterocycles. The summed E-state index contributed by atoms with van der Waals surface area (Å²) in [6.45, 7) is 7.40. The van der Waals surface area contributed by atoms with Crippen molar-refractivity contribution < 1.29 is 28.2 Å². The number of halogens is 2. The topological polar surface area (TPSA) is 102 Å². The van der Waals surface area contributed by atoms with Crippen LogP contribution in [0, 0.1) is 5.82 Å². The molecule has 10 heteroatoms. The van der Waals surface area contributed by atoms with Crippen LogP contribution in [0.2, 0.25) is 5.02 Å². The molecule has 0 radical (unpaired) electrons. The molecule has 0 spiro atoms. The summed E-state index contributed by atoms with van der Waals surface area (Å²) in [7, 11) is 0. The maximum atomic E-state index is 13.2. The van der Waals surface area contributed by atoms with E-state index in [0.29, 0.717) is 30.2 Å². The fourth-order valence-electron chi connectivity index (χ4n) is 4.34. The van der Waals surface area contributed by atoms with Crippen molar-refractivity contribution in [1.82, 2.24) is 9.80 Å². The summed E-state index contributed by atoms with van der Waals surface area (Å²) in [6.07, 6.45) is -0.475. The van der Waals surface area contributed by atoms with E-state index in [-0.39, 0.29) is 42.8 Å². The monoisotopic (exact) mass is 533 g/mol. The standard InChI is InChI=1S/C27H33ClFN3O5/c1-4-36-26(35)12-23(33)27(30)22-11-20(28)7-10-24(22)37-16-25(34)32-14-17(2)31(13-18(32)3)15-19-5-8-21(29)9-6-19/h5-11,17-18,27H,4,12-16,30H2,1-3H3/t17-,18+,27?/m0/s1. The third-order valence-electron chi connectivity index (χ3n) is 6.36.